The first kappa shape index (κ1) is 32.7. The lowest BCUT2D eigenvalue weighted by Crippen LogP contribution is -2.66. The second-order valence-electron chi connectivity index (χ2n) is 17.5. The third kappa shape index (κ3) is 5.01. The number of fused-ring (bicyclic) bond motifs is 5. The number of aliphatic hydroxyl groups is 1. The van der Waals surface area contributed by atoms with Crippen LogP contribution in [0.2, 0.25) is 0 Å². The van der Waals surface area contributed by atoms with Crippen LogP contribution in [0.4, 0.5) is 9.18 Å². The molecule has 1 aromatic rings. The van der Waals surface area contributed by atoms with E-state index in [4.69, 9.17) is 10.5 Å². The number of urea groups is 1. The van der Waals surface area contributed by atoms with Crippen molar-refractivity contribution in [1.82, 2.24) is 5.43 Å². The number of nitrogens with zero attached hydrogens (tertiary/aromatic N) is 1. The van der Waals surface area contributed by atoms with Gasteiger partial charge in [0, 0.05) is 5.41 Å². The number of carbonyl (C=O) groups is 1. The molecular formula is C38H56FN3O3. The van der Waals surface area contributed by atoms with Crippen molar-refractivity contribution in [2.75, 3.05) is 0 Å². The van der Waals surface area contributed by atoms with Crippen LogP contribution in [0.25, 0.3) is 6.08 Å². The van der Waals surface area contributed by atoms with Crippen molar-refractivity contribution in [2.45, 2.75) is 130 Å². The Morgan fingerprint density at radius 3 is 2.29 bits per heavy atom. The summed E-state index contributed by atoms with van der Waals surface area (Å²) in [5, 5.41) is 16.9. The Kier molecular flexibility index (Phi) is 7.72. The van der Waals surface area contributed by atoms with Gasteiger partial charge in [0.15, 0.2) is 0 Å². The number of nitrogens with one attached hydrogen (secondary N) is 1. The SMILES string of the molecule is CC1(C)CCC[C@](C)([C@H]2CC[C@]3(C)[C@@H]2[C@H](O)C[C@@H]2[C@@]4(C)CC(=C\c5ccc(F)cc5)/C(=N\NC(N)=O)C(C)(C)[C@@H]4CC[C@]23C)O1. The number of carbonyl (C=O) groups excluding carboxylic acids is 1. The van der Waals surface area contributed by atoms with Crippen LogP contribution in [0.3, 0.4) is 0 Å². The molecule has 1 heterocycles. The zero-order valence-corrected chi connectivity index (χ0v) is 28.8. The number of allylic oxidation sites excluding steroid dienone is 1. The standard InChI is InChI=1S/C38H56FN3O3/c1-33(2)16-9-17-38(8,45-33)26-14-18-37(7)30(26)27(43)21-29-35(5)22-24(20-23-10-12-25(39)13-11-23)31(41-42-32(40)44)34(3,4)28(35)15-19-36(29,37)6/h10-13,20,26-30,43H,9,14-19,21-22H2,1-8H3,(H3,40,42,44)/b24-20+,41-31+/t26-,27+,28-,29+,30-,35-,36+,37+,38+/m0/s1. The third-order valence-corrected chi connectivity index (χ3v) is 14.2. The van der Waals surface area contributed by atoms with Gasteiger partial charge in [-0.1, -0.05) is 46.8 Å². The molecular weight excluding hydrogens is 565 g/mol. The zero-order chi connectivity index (χ0) is 32.8. The van der Waals surface area contributed by atoms with E-state index in [0.29, 0.717) is 17.8 Å². The Labute approximate surface area is 269 Å². The first-order valence-electron chi connectivity index (χ1n) is 17.3. The molecule has 45 heavy (non-hydrogen) atoms. The lowest BCUT2D eigenvalue weighted by molar-refractivity contribution is -0.243. The van der Waals surface area contributed by atoms with E-state index in [2.05, 4.69) is 72.0 Å². The minimum absolute atomic E-state index is 0.00515. The molecule has 248 valence electrons. The van der Waals surface area contributed by atoms with Crippen LogP contribution in [0.15, 0.2) is 34.9 Å². The summed E-state index contributed by atoms with van der Waals surface area (Å²) in [6.07, 6.45) is 11.0. The number of primary amides is 1. The molecule has 4 N–H and O–H groups in total. The second kappa shape index (κ2) is 10.6. The van der Waals surface area contributed by atoms with Crippen molar-refractivity contribution < 1.29 is 19.0 Å². The summed E-state index contributed by atoms with van der Waals surface area (Å²) in [7, 11) is 0. The molecule has 1 aromatic carbocycles. The molecule has 5 aliphatic rings. The molecule has 4 saturated carbocycles. The minimum atomic E-state index is -0.687. The number of hydrazone groups is 1. The van der Waals surface area contributed by atoms with Crippen LogP contribution in [0, 0.1) is 51.1 Å². The van der Waals surface area contributed by atoms with Gasteiger partial charge in [0.2, 0.25) is 0 Å². The van der Waals surface area contributed by atoms with Crippen LogP contribution in [0.5, 0.6) is 0 Å². The summed E-state index contributed by atoms with van der Waals surface area (Å²) in [6.45, 7) is 18.8. The summed E-state index contributed by atoms with van der Waals surface area (Å²) < 4.78 is 20.8. The predicted octanol–water partition coefficient (Wildman–Crippen LogP) is 8.24. The largest absolute Gasteiger partial charge is 0.393 e. The number of ether oxygens (including phenoxy) is 1. The predicted molar refractivity (Wildman–Crippen MR) is 178 cm³/mol. The molecule has 0 bridgehead atoms. The smallest absolute Gasteiger partial charge is 0.332 e. The molecule has 1 aliphatic heterocycles. The Bertz CT molecular complexity index is 1400. The van der Waals surface area contributed by atoms with E-state index in [9.17, 15) is 14.3 Å². The third-order valence-electron chi connectivity index (χ3n) is 14.2. The zero-order valence-electron chi connectivity index (χ0n) is 28.8. The van der Waals surface area contributed by atoms with Gasteiger partial charge in [-0.05, 0) is 148 Å². The molecule has 5 fully saturated rings. The highest BCUT2D eigenvalue weighted by atomic mass is 19.1. The number of hydrogen-bond donors (Lipinski definition) is 3. The van der Waals surface area contributed by atoms with Crippen LogP contribution >= 0.6 is 0 Å². The van der Waals surface area contributed by atoms with Gasteiger partial charge in [-0.2, -0.15) is 5.10 Å². The molecule has 0 radical (unpaired) electrons. The van der Waals surface area contributed by atoms with Gasteiger partial charge >= 0.3 is 6.03 Å². The number of aliphatic hydroxyl groups excluding tert-OH is 1. The van der Waals surface area contributed by atoms with Crippen LogP contribution in [-0.2, 0) is 4.74 Å². The lowest BCUT2D eigenvalue weighted by atomic mass is 9.34. The Morgan fingerprint density at radius 2 is 1.64 bits per heavy atom. The van der Waals surface area contributed by atoms with Crippen molar-refractivity contribution in [1.29, 1.82) is 0 Å². The van der Waals surface area contributed by atoms with Crippen LogP contribution < -0.4 is 11.2 Å². The van der Waals surface area contributed by atoms with Gasteiger partial charge in [-0.15, -0.1) is 0 Å². The van der Waals surface area contributed by atoms with Crippen LogP contribution in [0.1, 0.15) is 119 Å². The highest BCUT2D eigenvalue weighted by molar-refractivity contribution is 6.08. The summed E-state index contributed by atoms with van der Waals surface area (Å²) >= 11 is 0. The molecule has 2 amide bonds. The fourth-order valence-electron chi connectivity index (χ4n) is 12.4. The highest BCUT2D eigenvalue weighted by Crippen LogP contribution is 2.76. The molecule has 6 nitrogen and oxygen atoms in total. The van der Waals surface area contributed by atoms with E-state index >= 15 is 0 Å². The summed E-state index contributed by atoms with van der Waals surface area (Å²) in [5.41, 5.74) is 10.0. The summed E-state index contributed by atoms with van der Waals surface area (Å²) in [5.74, 6) is 0.879. The lowest BCUT2D eigenvalue weighted by Gasteiger charge is -2.70. The number of benzene rings is 1. The van der Waals surface area contributed by atoms with Crippen molar-refractivity contribution in [2.24, 2.45) is 56.2 Å². The topological polar surface area (TPSA) is 96.9 Å². The number of hydrogen-bond acceptors (Lipinski definition) is 4. The van der Waals surface area contributed by atoms with Gasteiger partial charge in [0.05, 0.1) is 23.0 Å². The molecule has 1 saturated heterocycles. The fourth-order valence-corrected chi connectivity index (χ4v) is 12.4. The van der Waals surface area contributed by atoms with E-state index in [-0.39, 0.29) is 50.7 Å². The maximum absolute atomic E-state index is 13.8. The summed E-state index contributed by atoms with van der Waals surface area (Å²) in [6, 6.07) is 5.85. The molecule has 0 spiro atoms. The van der Waals surface area contributed by atoms with Gasteiger partial charge < -0.3 is 15.6 Å². The Balaban J connectivity index is 1.41. The molecule has 9 atom stereocenters. The number of amides is 2. The quantitative estimate of drug-likeness (QED) is 0.297. The first-order chi connectivity index (χ1) is 20.9. The molecule has 4 aliphatic carbocycles. The van der Waals surface area contributed by atoms with E-state index in [1.54, 1.807) is 12.1 Å². The van der Waals surface area contributed by atoms with Gasteiger partial charge in [-0.3, -0.25) is 0 Å². The van der Waals surface area contributed by atoms with Gasteiger partial charge in [0.1, 0.15) is 5.82 Å². The average Bonchev–Trinajstić information content (AvgIpc) is 3.31. The molecule has 0 unspecified atom stereocenters. The molecule has 6 rings (SSSR count). The van der Waals surface area contributed by atoms with Crippen molar-refractivity contribution >= 4 is 17.8 Å². The van der Waals surface area contributed by atoms with E-state index in [0.717, 1.165) is 68.2 Å². The highest BCUT2D eigenvalue weighted by Gasteiger charge is 2.72. The number of nitrogens with two attached hydrogens (primary N) is 1. The van der Waals surface area contributed by atoms with E-state index < -0.39 is 6.03 Å². The second-order valence-corrected chi connectivity index (χ2v) is 17.5. The monoisotopic (exact) mass is 621 g/mol. The van der Waals surface area contributed by atoms with E-state index in [1.807, 2.05) is 0 Å². The Morgan fingerprint density at radius 1 is 0.978 bits per heavy atom. The van der Waals surface area contributed by atoms with Crippen LogP contribution in [-0.4, -0.2) is 34.2 Å². The van der Waals surface area contributed by atoms with Crippen molar-refractivity contribution in [3.8, 4) is 0 Å². The number of rotatable bonds is 3. The fraction of sp³-hybridized carbons (Fsp3) is 0.737. The molecule has 7 heteroatoms. The Hall–Kier alpha value is -2.25. The minimum Gasteiger partial charge on any atom is -0.393 e. The van der Waals surface area contributed by atoms with Crippen molar-refractivity contribution in [3.05, 3.63) is 41.2 Å². The maximum Gasteiger partial charge on any atom is 0.332 e. The maximum atomic E-state index is 13.8. The van der Waals surface area contributed by atoms with Gasteiger partial charge in [0.25, 0.3) is 0 Å². The van der Waals surface area contributed by atoms with Crippen molar-refractivity contribution in [3.63, 3.8) is 0 Å². The summed E-state index contributed by atoms with van der Waals surface area (Å²) in [4.78, 5) is 11.8. The first-order valence-corrected chi connectivity index (χ1v) is 17.3. The number of halogens is 1. The van der Waals surface area contributed by atoms with E-state index in [1.165, 1.54) is 18.6 Å². The molecule has 0 aromatic heterocycles. The average molecular weight is 622 g/mol. The normalized spacial score (nSPS) is 45.4. The van der Waals surface area contributed by atoms with Gasteiger partial charge in [-0.25, -0.2) is 14.6 Å².